The number of aliphatic hydroxyl groups excluding tert-OH is 1. The van der Waals surface area contributed by atoms with E-state index in [1.807, 2.05) is 0 Å². The smallest absolute Gasteiger partial charge is 0.260 e. The molecule has 0 radical (unpaired) electrons. The summed E-state index contributed by atoms with van der Waals surface area (Å²) in [6.07, 6.45) is 2.47. The molecule has 2 N–H and O–H groups in total. The topological polar surface area (TPSA) is 97.1 Å². The zero-order valence-electron chi connectivity index (χ0n) is 9.87. The molecule has 0 saturated heterocycles. The lowest BCUT2D eigenvalue weighted by Crippen LogP contribution is -2.45. The second kappa shape index (κ2) is 5.24. The third-order valence-electron chi connectivity index (χ3n) is 3.03. The third-order valence-corrected chi connectivity index (χ3v) is 5.40. The molecule has 1 saturated carbocycles. The van der Waals surface area contributed by atoms with Crippen LogP contribution in [0.2, 0.25) is 0 Å². The fourth-order valence-electron chi connectivity index (χ4n) is 2.11. The Labute approximate surface area is 114 Å². The molecule has 18 heavy (non-hydrogen) atoms. The van der Waals surface area contributed by atoms with Gasteiger partial charge in [-0.2, -0.15) is 0 Å². The Morgan fingerprint density at radius 3 is 2.67 bits per heavy atom. The lowest BCUT2D eigenvalue weighted by molar-refractivity contribution is 0.101. The van der Waals surface area contributed by atoms with E-state index >= 15 is 0 Å². The number of nitrogens with zero attached hydrogens (tertiary/aromatic N) is 3. The fraction of sp³-hybridized carbons (Fsp3) is 0.778. The molecular formula is C9H15BrN4O3S. The molecule has 1 aromatic heterocycles. The minimum atomic E-state index is -3.73. The van der Waals surface area contributed by atoms with Crippen LogP contribution < -0.4 is 4.72 Å². The van der Waals surface area contributed by atoms with Gasteiger partial charge in [0, 0.05) is 13.1 Å². The molecule has 0 bridgehead atoms. The summed E-state index contributed by atoms with van der Waals surface area (Å²) in [7, 11) is -2.23. The van der Waals surface area contributed by atoms with Crippen molar-refractivity contribution >= 4 is 26.0 Å². The van der Waals surface area contributed by atoms with Gasteiger partial charge in [-0.05, 0) is 28.8 Å². The number of aromatic nitrogens is 3. The molecule has 1 aliphatic rings. The zero-order valence-corrected chi connectivity index (χ0v) is 12.3. The molecule has 1 aromatic rings. The van der Waals surface area contributed by atoms with Gasteiger partial charge >= 0.3 is 0 Å². The number of nitrogens with one attached hydrogen (secondary N) is 1. The van der Waals surface area contributed by atoms with Gasteiger partial charge in [0.05, 0.1) is 6.10 Å². The van der Waals surface area contributed by atoms with Gasteiger partial charge in [-0.25, -0.2) is 17.8 Å². The average molecular weight is 339 g/mol. The third kappa shape index (κ3) is 2.73. The Morgan fingerprint density at radius 1 is 1.44 bits per heavy atom. The van der Waals surface area contributed by atoms with E-state index in [-0.39, 0.29) is 9.63 Å². The van der Waals surface area contributed by atoms with Gasteiger partial charge in [0.2, 0.25) is 5.03 Å². The van der Waals surface area contributed by atoms with E-state index in [1.54, 1.807) is 0 Å². The lowest BCUT2D eigenvalue weighted by atomic mass is 9.93. The fourth-order valence-corrected chi connectivity index (χ4v) is 4.51. The van der Waals surface area contributed by atoms with E-state index in [0.717, 1.165) is 12.8 Å². The van der Waals surface area contributed by atoms with E-state index < -0.39 is 22.2 Å². The number of aryl methyl sites for hydroxylation is 1. The lowest BCUT2D eigenvalue weighted by Gasteiger charge is -2.27. The van der Waals surface area contributed by atoms with Crippen LogP contribution in [-0.2, 0) is 17.1 Å². The summed E-state index contributed by atoms with van der Waals surface area (Å²) in [6, 6.07) is -0.439. The Kier molecular flexibility index (Phi) is 4.05. The van der Waals surface area contributed by atoms with Gasteiger partial charge in [-0.3, -0.25) is 0 Å². The van der Waals surface area contributed by atoms with Crippen LogP contribution in [0.3, 0.4) is 0 Å². The van der Waals surface area contributed by atoms with Crippen molar-refractivity contribution in [3.63, 3.8) is 0 Å². The monoisotopic (exact) mass is 338 g/mol. The summed E-state index contributed by atoms with van der Waals surface area (Å²) < 4.78 is 28.3. The summed E-state index contributed by atoms with van der Waals surface area (Å²) in [5, 5.41) is 17.0. The second-order valence-corrected chi connectivity index (χ2v) is 6.77. The number of aliphatic hydroxyl groups is 1. The number of hydrogen-bond donors (Lipinski definition) is 2. The highest BCUT2D eigenvalue weighted by atomic mass is 79.9. The van der Waals surface area contributed by atoms with Crippen LogP contribution in [0.25, 0.3) is 0 Å². The van der Waals surface area contributed by atoms with Crippen LogP contribution in [0.4, 0.5) is 0 Å². The SMILES string of the molecule is Cn1nnc(Br)c1S(=O)(=O)N[C@@H]1CCCC[C@H]1O. The standard InChI is InChI=1S/C9H15BrN4O3S/c1-14-9(8(10)11-13-14)18(16,17)12-6-4-2-3-5-7(6)15/h6-7,12,15H,2-5H2,1H3/t6-,7-/m1/s1. The Hall–Kier alpha value is -0.510. The van der Waals surface area contributed by atoms with Crippen molar-refractivity contribution in [2.45, 2.75) is 42.9 Å². The summed E-state index contributed by atoms with van der Waals surface area (Å²) in [6.45, 7) is 0. The predicted octanol–water partition coefficient (Wildman–Crippen LogP) is 0.159. The summed E-state index contributed by atoms with van der Waals surface area (Å²) in [5.74, 6) is 0. The molecule has 2 rings (SSSR count). The molecule has 9 heteroatoms. The van der Waals surface area contributed by atoms with Crippen molar-refractivity contribution in [2.75, 3.05) is 0 Å². The predicted molar refractivity (Wildman–Crippen MR) is 67.3 cm³/mol. The summed E-state index contributed by atoms with van der Waals surface area (Å²) >= 11 is 3.06. The van der Waals surface area contributed by atoms with Gasteiger partial charge in [-0.1, -0.05) is 18.1 Å². The first-order valence-electron chi connectivity index (χ1n) is 5.67. The van der Waals surface area contributed by atoms with Gasteiger partial charge < -0.3 is 5.11 Å². The van der Waals surface area contributed by atoms with Crippen molar-refractivity contribution < 1.29 is 13.5 Å². The zero-order chi connectivity index (χ0) is 13.3. The van der Waals surface area contributed by atoms with E-state index in [9.17, 15) is 13.5 Å². The van der Waals surface area contributed by atoms with E-state index in [4.69, 9.17) is 0 Å². The molecule has 102 valence electrons. The Bertz CT molecular complexity index is 510. The van der Waals surface area contributed by atoms with Gasteiger partial charge in [0.25, 0.3) is 10.0 Å². The van der Waals surface area contributed by atoms with Crippen LogP contribution in [-0.4, -0.2) is 40.7 Å². The number of sulfonamides is 1. The average Bonchev–Trinajstić information content (AvgIpc) is 2.62. The summed E-state index contributed by atoms with van der Waals surface area (Å²) in [4.78, 5) is 0. The highest BCUT2D eigenvalue weighted by Gasteiger charge is 2.31. The minimum Gasteiger partial charge on any atom is -0.391 e. The summed E-state index contributed by atoms with van der Waals surface area (Å²) in [5.41, 5.74) is 0. The van der Waals surface area contributed by atoms with Gasteiger partial charge in [-0.15, -0.1) is 5.10 Å². The minimum absolute atomic E-state index is 0.0275. The highest BCUT2D eigenvalue weighted by molar-refractivity contribution is 9.10. The molecular weight excluding hydrogens is 324 g/mol. The van der Waals surface area contributed by atoms with Crippen LogP contribution in [0, 0.1) is 0 Å². The van der Waals surface area contributed by atoms with Crippen LogP contribution in [0.15, 0.2) is 9.63 Å². The van der Waals surface area contributed by atoms with E-state index in [1.165, 1.54) is 11.7 Å². The first kappa shape index (κ1) is 13.9. The maximum atomic E-state index is 12.2. The normalized spacial score (nSPS) is 25.3. The number of rotatable bonds is 3. The molecule has 2 atom stereocenters. The molecule has 0 aromatic carbocycles. The second-order valence-electron chi connectivity index (χ2n) is 4.39. The Morgan fingerprint density at radius 2 is 2.11 bits per heavy atom. The molecule has 0 aliphatic heterocycles. The molecule has 1 fully saturated rings. The van der Waals surface area contributed by atoms with Crippen LogP contribution in [0.5, 0.6) is 0 Å². The van der Waals surface area contributed by atoms with Crippen LogP contribution in [0.1, 0.15) is 25.7 Å². The van der Waals surface area contributed by atoms with E-state index in [0.29, 0.717) is 12.8 Å². The quantitative estimate of drug-likeness (QED) is 0.818. The largest absolute Gasteiger partial charge is 0.391 e. The molecule has 0 spiro atoms. The maximum Gasteiger partial charge on any atom is 0.260 e. The van der Waals surface area contributed by atoms with Crippen molar-refractivity contribution in [3.8, 4) is 0 Å². The number of halogens is 1. The molecule has 7 nitrogen and oxygen atoms in total. The number of hydrogen-bond acceptors (Lipinski definition) is 5. The van der Waals surface area contributed by atoms with Gasteiger partial charge in [0.15, 0.2) is 4.60 Å². The highest BCUT2D eigenvalue weighted by Crippen LogP contribution is 2.22. The maximum absolute atomic E-state index is 12.2. The van der Waals surface area contributed by atoms with Crippen molar-refractivity contribution in [1.82, 2.24) is 19.7 Å². The van der Waals surface area contributed by atoms with Crippen LogP contribution >= 0.6 is 15.9 Å². The first-order valence-corrected chi connectivity index (χ1v) is 7.95. The molecule has 1 aliphatic carbocycles. The van der Waals surface area contributed by atoms with Gasteiger partial charge in [0.1, 0.15) is 0 Å². The molecule has 0 unspecified atom stereocenters. The molecule has 0 amide bonds. The van der Waals surface area contributed by atoms with Crippen molar-refractivity contribution in [2.24, 2.45) is 7.05 Å². The van der Waals surface area contributed by atoms with E-state index in [2.05, 4.69) is 31.0 Å². The van der Waals surface area contributed by atoms with Crippen molar-refractivity contribution in [1.29, 1.82) is 0 Å². The molecule has 1 heterocycles. The Balaban J connectivity index is 2.22. The first-order chi connectivity index (χ1) is 8.42. The van der Waals surface area contributed by atoms with Crippen molar-refractivity contribution in [3.05, 3.63) is 4.60 Å².